The maximum atomic E-state index is 11.1. The predicted octanol–water partition coefficient (Wildman–Crippen LogP) is 3.01. The molecule has 0 unspecified atom stereocenters. The van der Waals surface area contributed by atoms with Gasteiger partial charge in [-0.3, -0.25) is 9.20 Å². The summed E-state index contributed by atoms with van der Waals surface area (Å²) in [4.78, 5) is 16.5. The van der Waals surface area contributed by atoms with Gasteiger partial charge in [0.15, 0.2) is 4.96 Å². The Morgan fingerprint density at radius 2 is 2.33 bits per heavy atom. The van der Waals surface area contributed by atoms with E-state index >= 15 is 0 Å². The molecule has 0 radical (unpaired) electrons. The van der Waals surface area contributed by atoms with Gasteiger partial charge in [0.25, 0.3) is 0 Å². The number of ether oxygens (including phenoxy) is 1. The molecule has 0 aromatic carbocycles. The highest BCUT2D eigenvalue weighted by Gasteiger charge is 2.12. The molecule has 2 aromatic rings. The number of aryl methyl sites for hydroxylation is 1. The Hall–Kier alpha value is -1.36. The van der Waals surface area contributed by atoms with Crippen molar-refractivity contribution in [2.45, 2.75) is 39.0 Å². The Bertz CT molecular complexity index is 542. The summed E-state index contributed by atoms with van der Waals surface area (Å²) in [7, 11) is 1.43. The second-order valence-corrected chi connectivity index (χ2v) is 5.45. The van der Waals surface area contributed by atoms with Crippen molar-refractivity contribution in [3.05, 3.63) is 23.0 Å². The second kappa shape index (κ2) is 5.52. The number of hydrogen-bond acceptors (Lipinski definition) is 4. The van der Waals surface area contributed by atoms with E-state index < -0.39 is 0 Å². The van der Waals surface area contributed by atoms with Crippen LogP contribution in [0.1, 0.15) is 44.0 Å². The molecule has 5 heteroatoms. The number of aromatic nitrogens is 2. The molecule has 0 fully saturated rings. The van der Waals surface area contributed by atoms with E-state index in [1.807, 2.05) is 6.20 Å². The Morgan fingerprint density at radius 1 is 1.56 bits per heavy atom. The van der Waals surface area contributed by atoms with Gasteiger partial charge in [0.05, 0.1) is 13.3 Å². The van der Waals surface area contributed by atoms with Gasteiger partial charge in [-0.2, -0.15) is 0 Å². The SMILES string of the molecule is COC(=O)CCCc1csc2ncc(C(C)C)n12. The fourth-order valence-corrected chi connectivity index (χ4v) is 2.89. The minimum atomic E-state index is -0.142. The van der Waals surface area contributed by atoms with Crippen LogP contribution in [-0.2, 0) is 16.0 Å². The van der Waals surface area contributed by atoms with E-state index in [0.29, 0.717) is 12.3 Å². The minimum absolute atomic E-state index is 0.142. The third-order valence-corrected chi connectivity index (χ3v) is 3.87. The van der Waals surface area contributed by atoms with Crippen LogP contribution < -0.4 is 0 Å². The van der Waals surface area contributed by atoms with Gasteiger partial charge in [-0.15, -0.1) is 11.3 Å². The van der Waals surface area contributed by atoms with Crippen LogP contribution in [0.15, 0.2) is 11.6 Å². The molecular weight excluding hydrogens is 248 g/mol. The van der Waals surface area contributed by atoms with Crippen molar-refractivity contribution in [1.82, 2.24) is 9.38 Å². The van der Waals surface area contributed by atoms with E-state index in [0.717, 1.165) is 17.8 Å². The molecule has 0 atom stereocenters. The van der Waals surface area contributed by atoms with Crippen molar-refractivity contribution >= 4 is 22.3 Å². The zero-order valence-corrected chi connectivity index (χ0v) is 11.8. The van der Waals surface area contributed by atoms with Crippen LogP contribution in [0.4, 0.5) is 0 Å². The number of carbonyl (C=O) groups is 1. The van der Waals surface area contributed by atoms with Gasteiger partial charge in [-0.1, -0.05) is 13.8 Å². The lowest BCUT2D eigenvalue weighted by Gasteiger charge is -2.06. The molecule has 0 saturated heterocycles. The Labute approximate surface area is 111 Å². The van der Waals surface area contributed by atoms with E-state index in [2.05, 4.69) is 33.3 Å². The summed E-state index contributed by atoms with van der Waals surface area (Å²) in [6, 6.07) is 0. The number of nitrogens with zero attached hydrogens (tertiary/aromatic N) is 2. The fraction of sp³-hybridized carbons (Fsp3) is 0.538. The topological polar surface area (TPSA) is 43.6 Å². The van der Waals surface area contributed by atoms with Gasteiger partial charge in [0, 0.05) is 23.2 Å². The molecule has 2 aromatic heterocycles. The molecule has 0 aliphatic rings. The van der Waals surface area contributed by atoms with Crippen molar-refractivity contribution in [2.75, 3.05) is 7.11 Å². The third kappa shape index (κ3) is 2.56. The first-order chi connectivity index (χ1) is 8.63. The molecule has 2 rings (SSSR count). The van der Waals surface area contributed by atoms with Crippen molar-refractivity contribution in [3.8, 4) is 0 Å². The standard InChI is InChI=1S/C13H18N2O2S/c1-9(2)11-7-14-13-15(11)10(8-18-13)5-4-6-12(16)17-3/h7-9H,4-6H2,1-3H3. The quantitative estimate of drug-likeness (QED) is 0.781. The number of methoxy groups -OCH3 is 1. The lowest BCUT2D eigenvalue weighted by molar-refractivity contribution is -0.140. The number of hydrogen-bond donors (Lipinski definition) is 0. The number of esters is 1. The molecule has 0 aliphatic carbocycles. The van der Waals surface area contributed by atoms with Gasteiger partial charge in [0.2, 0.25) is 0 Å². The zero-order chi connectivity index (χ0) is 13.1. The summed E-state index contributed by atoms with van der Waals surface area (Å²) in [5.74, 6) is 0.310. The minimum Gasteiger partial charge on any atom is -0.469 e. The monoisotopic (exact) mass is 266 g/mol. The first-order valence-corrected chi connectivity index (χ1v) is 7.02. The molecule has 98 valence electrons. The van der Waals surface area contributed by atoms with Crippen LogP contribution in [-0.4, -0.2) is 22.5 Å². The first-order valence-electron chi connectivity index (χ1n) is 6.14. The number of carbonyl (C=O) groups excluding carboxylic acids is 1. The van der Waals surface area contributed by atoms with Crippen molar-refractivity contribution < 1.29 is 9.53 Å². The van der Waals surface area contributed by atoms with E-state index in [-0.39, 0.29) is 5.97 Å². The highest BCUT2D eigenvalue weighted by molar-refractivity contribution is 7.15. The van der Waals surface area contributed by atoms with Gasteiger partial charge < -0.3 is 4.74 Å². The van der Waals surface area contributed by atoms with Gasteiger partial charge in [0.1, 0.15) is 0 Å². The molecular formula is C13H18N2O2S. The first kappa shape index (κ1) is 13.1. The van der Waals surface area contributed by atoms with Crippen LogP contribution in [0.25, 0.3) is 4.96 Å². The zero-order valence-electron chi connectivity index (χ0n) is 11.0. The van der Waals surface area contributed by atoms with Crippen LogP contribution >= 0.6 is 11.3 Å². The van der Waals surface area contributed by atoms with E-state index in [1.54, 1.807) is 11.3 Å². The average molecular weight is 266 g/mol. The normalized spacial score (nSPS) is 11.3. The molecule has 18 heavy (non-hydrogen) atoms. The number of rotatable bonds is 5. The molecule has 0 spiro atoms. The van der Waals surface area contributed by atoms with Crippen molar-refractivity contribution in [2.24, 2.45) is 0 Å². The van der Waals surface area contributed by atoms with Crippen LogP contribution in [0.5, 0.6) is 0 Å². The number of thiazole rings is 1. The summed E-state index contributed by atoms with van der Waals surface area (Å²) in [5.41, 5.74) is 2.47. The maximum absolute atomic E-state index is 11.1. The Balaban J connectivity index is 2.13. The highest BCUT2D eigenvalue weighted by Crippen LogP contribution is 2.24. The summed E-state index contributed by atoms with van der Waals surface area (Å²) in [5, 5.41) is 2.13. The number of imidazole rings is 1. The molecule has 0 bridgehead atoms. The lowest BCUT2D eigenvalue weighted by atomic mass is 10.1. The lowest BCUT2D eigenvalue weighted by Crippen LogP contribution is -2.03. The van der Waals surface area contributed by atoms with Crippen molar-refractivity contribution in [3.63, 3.8) is 0 Å². The van der Waals surface area contributed by atoms with Gasteiger partial charge >= 0.3 is 5.97 Å². The molecule has 0 N–H and O–H groups in total. The number of fused-ring (bicyclic) bond motifs is 1. The second-order valence-electron chi connectivity index (χ2n) is 4.61. The summed E-state index contributed by atoms with van der Waals surface area (Å²) >= 11 is 1.65. The van der Waals surface area contributed by atoms with E-state index in [1.165, 1.54) is 18.5 Å². The van der Waals surface area contributed by atoms with E-state index in [9.17, 15) is 4.79 Å². The Kier molecular flexibility index (Phi) is 4.01. The van der Waals surface area contributed by atoms with Crippen LogP contribution in [0.2, 0.25) is 0 Å². The van der Waals surface area contributed by atoms with Crippen LogP contribution in [0, 0.1) is 0 Å². The summed E-state index contributed by atoms with van der Waals surface area (Å²) in [6.07, 6.45) is 4.11. The largest absolute Gasteiger partial charge is 0.469 e. The molecule has 4 nitrogen and oxygen atoms in total. The summed E-state index contributed by atoms with van der Waals surface area (Å²) < 4.78 is 6.86. The predicted molar refractivity (Wildman–Crippen MR) is 72.1 cm³/mol. The third-order valence-electron chi connectivity index (χ3n) is 2.98. The van der Waals surface area contributed by atoms with Crippen LogP contribution in [0.3, 0.4) is 0 Å². The highest BCUT2D eigenvalue weighted by atomic mass is 32.1. The molecule has 0 amide bonds. The van der Waals surface area contributed by atoms with Crippen molar-refractivity contribution in [1.29, 1.82) is 0 Å². The maximum Gasteiger partial charge on any atom is 0.305 e. The average Bonchev–Trinajstić information content (AvgIpc) is 2.91. The summed E-state index contributed by atoms with van der Waals surface area (Å²) in [6.45, 7) is 4.33. The van der Waals surface area contributed by atoms with Gasteiger partial charge in [-0.05, 0) is 18.8 Å². The van der Waals surface area contributed by atoms with E-state index in [4.69, 9.17) is 0 Å². The van der Waals surface area contributed by atoms with Gasteiger partial charge in [-0.25, -0.2) is 4.98 Å². The molecule has 2 heterocycles. The smallest absolute Gasteiger partial charge is 0.305 e. The molecule has 0 aliphatic heterocycles. The molecule has 0 saturated carbocycles. The fourth-order valence-electron chi connectivity index (χ4n) is 1.99. The Morgan fingerprint density at radius 3 is 3.00 bits per heavy atom.